The first-order valence-corrected chi connectivity index (χ1v) is 11.6. The Balaban J connectivity index is 2.99. The van der Waals surface area contributed by atoms with E-state index in [1.165, 1.54) is 20.8 Å². The molecular weight excluding hydrogens is 511 g/mol. The van der Waals surface area contributed by atoms with Gasteiger partial charge in [0.05, 0.1) is 24.5 Å². The summed E-state index contributed by atoms with van der Waals surface area (Å²) in [5, 5.41) is 8.93. The second-order valence-electron chi connectivity index (χ2n) is 8.49. The normalized spacial score (nSPS) is 14.6. The number of halogens is 3. The van der Waals surface area contributed by atoms with Crippen LogP contribution in [0.15, 0.2) is 30.3 Å². The van der Waals surface area contributed by atoms with Gasteiger partial charge < -0.3 is 19.3 Å². The van der Waals surface area contributed by atoms with Crippen molar-refractivity contribution in [1.29, 1.82) is 0 Å². The number of carboxylic acids is 1. The fraction of sp³-hybridized carbons (Fsp3) is 0.565. The lowest BCUT2D eigenvalue weighted by Crippen LogP contribution is -2.45. The lowest BCUT2D eigenvalue weighted by Gasteiger charge is -2.32. The number of hydrogen-bond donors (Lipinski definition) is 1. The molecule has 34 heavy (non-hydrogen) atoms. The first kappa shape index (κ1) is 30.2. The first-order chi connectivity index (χ1) is 15.6. The molecular formula is C23H29Cl3O8. The van der Waals surface area contributed by atoms with Crippen molar-refractivity contribution in [2.24, 2.45) is 17.3 Å². The Labute approximate surface area is 213 Å². The Hall–Kier alpha value is -1.87. The summed E-state index contributed by atoms with van der Waals surface area (Å²) in [6, 6.07) is 9.38. The van der Waals surface area contributed by atoms with Gasteiger partial charge in [0.1, 0.15) is 19.1 Å². The van der Waals surface area contributed by atoms with Crippen LogP contribution in [0.3, 0.4) is 0 Å². The molecule has 0 fully saturated rings. The third kappa shape index (κ3) is 10.2. The van der Waals surface area contributed by atoms with Gasteiger partial charge in [-0.3, -0.25) is 14.4 Å². The Bertz CT molecular complexity index is 852. The van der Waals surface area contributed by atoms with Crippen molar-refractivity contribution in [3.63, 3.8) is 0 Å². The number of ketones is 2. The van der Waals surface area contributed by atoms with Crippen molar-refractivity contribution >= 4 is 58.5 Å². The Morgan fingerprint density at radius 3 is 2.15 bits per heavy atom. The molecule has 0 spiro atoms. The molecule has 1 N–H and O–H groups in total. The van der Waals surface area contributed by atoms with Gasteiger partial charge in [0.25, 0.3) is 0 Å². The van der Waals surface area contributed by atoms with E-state index in [1.807, 2.05) is 30.3 Å². The zero-order chi connectivity index (χ0) is 26.1. The molecule has 0 aliphatic heterocycles. The standard InChI is InChI=1S/C23H29Cl3O8/c1-14(11-32-12-16-8-6-5-7-9-16)19(34-21(31)33-13-23(24,25)26)15(2)20(30)22(3,4)17(27)10-18(28)29/h5-9,14-15,19H,10-13H2,1-4H3,(H,28,29). The summed E-state index contributed by atoms with van der Waals surface area (Å²) in [6.45, 7) is 5.69. The highest BCUT2D eigenvalue weighted by Gasteiger charge is 2.44. The number of alkyl halides is 3. The van der Waals surface area contributed by atoms with Crippen molar-refractivity contribution in [1.82, 2.24) is 0 Å². The average molecular weight is 540 g/mol. The molecule has 0 aromatic heterocycles. The predicted octanol–water partition coefficient (Wildman–Crippen LogP) is 5.01. The molecule has 0 bridgehead atoms. The third-order valence-corrected chi connectivity index (χ3v) is 5.50. The van der Waals surface area contributed by atoms with Crippen LogP contribution in [0.5, 0.6) is 0 Å². The van der Waals surface area contributed by atoms with E-state index in [-0.39, 0.29) is 6.61 Å². The summed E-state index contributed by atoms with van der Waals surface area (Å²) in [7, 11) is 0. The van der Waals surface area contributed by atoms with Crippen LogP contribution in [0.25, 0.3) is 0 Å². The minimum absolute atomic E-state index is 0.110. The molecule has 1 aromatic rings. The van der Waals surface area contributed by atoms with Gasteiger partial charge in [0, 0.05) is 5.92 Å². The molecule has 0 amide bonds. The van der Waals surface area contributed by atoms with E-state index in [9.17, 15) is 19.2 Å². The molecule has 0 radical (unpaired) electrons. The molecule has 3 atom stereocenters. The quantitative estimate of drug-likeness (QED) is 0.211. The third-order valence-electron chi connectivity index (χ3n) is 5.17. The van der Waals surface area contributed by atoms with Crippen LogP contribution < -0.4 is 0 Å². The van der Waals surface area contributed by atoms with Crippen molar-refractivity contribution in [2.75, 3.05) is 13.2 Å². The topological polar surface area (TPSA) is 116 Å². The number of aliphatic carboxylic acids is 1. The smallest absolute Gasteiger partial charge is 0.481 e. The SMILES string of the molecule is CC(COCc1ccccc1)C(OC(=O)OCC(Cl)(Cl)Cl)C(C)C(=O)C(C)(C)C(=O)CC(=O)O. The van der Waals surface area contributed by atoms with Crippen LogP contribution in [0.4, 0.5) is 4.79 Å². The van der Waals surface area contributed by atoms with Crippen LogP contribution in [-0.4, -0.2) is 51.9 Å². The molecule has 0 aliphatic rings. The van der Waals surface area contributed by atoms with E-state index >= 15 is 0 Å². The summed E-state index contributed by atoms with van der Waals surface area (Å²) < 4.78 is 14.1. The van der Waals surface area contributed by atoms with Gasteiger partial charge >= 0.3 is 12.1 Å². The average Bonchev–Trinajstić information content (AvgIpc) is 2.74. The number of carbonyl (C=O) groups is 4. The molecule has 190 valence electrons. The molecule has 1 rings (SSSR count). The molecule has 0 aliphatic carbocycles. The second kappa shape index (κ2) is 13.3. The molecule has 8 nitrogen and oxygen atoms in total. The van der Waals surface area contributed by atoms with E-state index in [1.54, 1.807) is 6.92 Å². The number of Topliss-reactive ketones (excluding diaryl/α,β-unsaturated/α-hetero) is 2. The minimum atomic E-state index is -1.86. The zero-order valence-corrected chi connectivity index (χ0v) is 21.7. The van der Waals surface area contributed by atoms with Gasteiger partial charge in [0.15, 0.2) is 11.6 Å². The number of carbonyl (C=O) groups excluding carboxylic acids is 3. The van der Waals surface area contributed by atoms with E-state index < -0.39 is 63.9 Å². The highest BCUT2D eigenvalue weighted by atomic mass is 35.6. The minimum Gasteiger partial charge on any atom is -0.481 e. The van der Waals surface area contributed by atoms with Crippen molar-refractivity contribution < 1.29 is 38.5 Å². The zero-order valence-electron chi connectivity index (χ0n) is 19.4. The largest absolute Gasteiger partial charge is 0.508 e. The van der Waals surface area contributed by atoms with E-state index in [2.05, 4.69) is 0 Å². The fourth-order valence-corrected chi connectivity index (χ4v) is 3.41. The van der Waals surface area contributed by atoms with Gasteiger partial charge in [-0.1, -0.05) is 79.0 Å². The molecule has 1 aromatic carbocycles. The number of hydrogen-bond acceptors (Lipinski definition) is 7. The van der Waals surface area contributed by atoms with Crippen LogP contribution in [-0.2, 0) is 35.2 Å². The summed E-state index contributed by atoms with van der Waals surface area (Å²) in [4.78, 5) is 48.7. The van der Waals surface area contributed by atoms with Gasteiger partial charge in [-0.05, 0) is 19.4 Å². The van der Waals surface area contributed by atoms with Crippen LogP contribution in [0.1, 0.15) is 39.7 Å². The highest BCUT2D eigenvalue weighted by molar-refractivity contribution is 6.67. The van der Waals surface area contributed by atoms with E-state index in [0.717, 1.165) is 5.56 Å². The van der Waals surface area contributed by atoms with Crippen molar-refractivity contribution in [2.45, 2.75) is 50.6 Å². The number of carboxylic acid groups (broad SMARTS) is 1. The predicted molar refractivity (Wildman–Crippen MR) is 127 cm³/mol. The summed E-state index contributed by atoms with van der Waals surface area (Å²) >= 11 is 16.8. The molecule has 11 heteroatoms. The van der Waals surface area contributed by atoms with Crippen LogP contribution in [0.2, 0.25) is 0 Å². The van der Waals surface area contributed by atoms with E-state index in [0.29, 0.717) is 6.61 Å². The van der Waals surface area contributed by atoms with Crippen LogP contribution >= 0.6 is 34.8 Å². The molecule has 3 unspecified atom stereocenters. The van der Waals surface area contributed by atoms with Gasteiger partial charge in [-0.15, -0.1) is 0 Å². The summed E-state index contributed by atoms with van der Waals surface area (Å²) in [5.74, 6) is -4.20. The maximum Gasteiger partial charge on any atom is 0.508 e. The molecule has 0 saturated carbocycles. The Morgan fingerprint density at radius 2 is 1.62 bits per heavy atom. The monoisotopic (exact) mass is 538 g/mol. The van der Waals surface area contributed by atoms with E-state index in [4.69, 9.17) is 54.1 Å². The Kier molecular flexibility index (Phi) is 11.8. The molecule has 0 saturated heterocycles. The maximum absolute atomic E-state index is 13.2. The van der Waals surface area contributed by atoms with Gasteiger partial charge in [-0.25, -0.2) is 4.79 Å². The number of ether oxygens (including phenoxy) is 3. The number of benzene rings is 1. The van der Waals surface area contributed by atoms with Gasteiger partial charge in [0.2, 0.25) is 3.79 Å². The Morgan fingerprint density at radius 1 is 1.03 bits per heavy atom. The highest BCUT2D eigenvalue weighted by Crippen LogP contribution is 2.30. The lowest BCUT2D eigenvalue weighted by molar-refractivity contribution is -0.148. The van der Waals surface area contributed by atoms with Crippen molar-refractivity contribution in [3.05, 3.63) is 35.9 Å². The summed E-state index contributed by atoms with van der Waals surface area (Å²) in [5.41, 5.74) is -0.690. The van der Waals surface area contributed by atoms with Gasteiger partial charge in [-0.2, -0.15) is 0 Å². The summed E-state index contributed by atoms with van der Waals surface area (Å²) in [6.07, 6.45) is -3.04. The maximum atomic E-state index is 13.2. The lowest BCUT2D eigenvalue weighted by atomic mass is 9.74. The number of rotatable bonds is 13. The van der Waals surface area contributed by atoms with Crippen LogP contribution in [0, 0.1) is 17.3 Å². The first-order valence-electron chi connectivity index (χ1n) is 10.5. The molecule has 0 heterocycles. The second-order valence-corrected chi connectivity index (χ2v) is 11.0. The van der Waals surface area contributed by atoms with Crippen molar-refractivity contribution in [3.8, 4) is 0 Å². The fourth-order valence-electron chi connectivity index (χ4n) is 3.24.